The summed E-state index contributed by atoms with van der Waals surface area (Å²) in [5, 5.41) is 10.6. The van der Waals surface area contributed by atoms with Crippen molar-refractivity contribution in [3.05, 3.63) is 42.0 Å². The van der Waals surface area contributed by atoms with Gasteiger partial charge in [-0.25, -0.2) is 0 Å². The quantitative estimate of drug-likeness (QED) is 0.470. The third-order valence-electron chi connectivity index (χ3n) is 1.37. The zero-order chi connectivity index (χ0) is 7.56. The summed E-state index contributed by atoms with van der Waals surface area (Å²) in [6.07, 6.45) is 0. The Bertz CT molecular complexity index is 246. The molecule has 0 saturated carbocycles. The first-order valence-corrected chi connectivity index (χ1v) is 3.13. The Balaban J connectivity index is -0.000000333. The number of aryl methyl sites for hydroxylation is 1. The fourth-order valence-corrected chi connectivity index (χ4v) is 0.739. The Kier molecular flexibility index (Phi) is 13.8. The van der Waals surface area contributed by atoms with E-state index in [-0.39, 0.29) is 72.3 Å². The summed E-state index contributed by atoms with van der Waals surface area (Å²) in [4.78, 5) is 0. The van der Waals surface area contributed by atoms with Crippen LogP contribution < -0.4 is 29.9 Å². The zero-order valence-electron chi connectivity index (χ0n) is 7.18. The van der Waals surface area contributed by atoms with Crippen LogP contribution >= 0.6 is 0 Å². The number of halogens is 2. The van der Waals surface area contributed by atoms with Gasteiger partial charge in [0.15, 0.2) is 0 Å². The average Bonchev–Trinajstić information content (AvgIpc) is 1.88. The summed E-state index contributed by atoms with van der Waals surface area (Å²) in [5.74, 6) is -0.125. The Morgan fingerprint density at radius 3 is 1.85 bits per heavy atom. The minimum atomic E-state index is -0.125. The maximum atomic E-state index is 10.6. The normalized spacial score (nSPS) is 7.15. The SMILES string of the molecule is C=C([O-])c1ccc(C)cc1.[Ce+3].[Cl-].[Cl-]. The van der Waals surface area contributed by atoms with Gasteiger partial charge in [-0.3, -0.25) is 0 Å². The van der Waals surface area contributed by atoms with E-state index >= 15 is 0 Å². The van der Waals surface area contributed by atoms with E-state index in [0.717, 1.165) is 5.56 Å². The van der Waals surface area contributed by atoms with Crippen molar-refractivity contribution in [1.29, 1.82) is 0 Å². The smallest absolute Gasteiger partial charge is 1.00 e. The van der Waals surface area contributed by atoms with Gasteiger partial charge in [-0.1, -0.05) is 29.8 Å². The van der Waals surface area contributed by atoms with E-state index < -0.39 is 0 Å². The second kappa shape index (κ2) is 9.28. The summed E-state index contributed by atoms with van der Waals surface area (Å²) in [7, 11) is 0. The van der Waals surface area contributed by atoms with Gasteiger partial charge in [0.25, 0.3) is 0 Å². The molecule has 13 heavy (non-hydrogen) atoms. The first kappa shape index (κ1) is 19.3. The van der Waals surface area contributed by atoms with Crippen molar-refractivity contribution in [2.45, 2.75) is 6.92 Å². The van der Waals surface area contributed by atoms with Crippen LogP contribution in [0.15, 0.2) is 30.8 Å². The molecule has 0 amide bonds. The van der Waals surface area contributed by atoms with Gasteiger partial charge in [0.1, 0.15) is 0 Å². The van der Waals surface area contributed by atoms with Gasteiger partial charge < -0.3 is 29.9 Å². The molecule has 0 aromatic heterocycles. The third-order valence-corrected chi connectivity index (χ3v) is 1.37. The fraction of sp³-hybridized carbons (Fsp3) is 0.111. The molecule has 0 saturated heterocycles. The molecule has 69 valence electrons. The van der Waals surface area contributed by atoms with Crippen LogP contribution in [-0.4, -0.2) is 0 Å². The predicted octanol–water partition coefficient (Wildman–Crippen LogP) is -4.67. The molecular weight excluding hydrogens is 335 g/mol. The summed E-state index contributed by atoms with van der Waals surface area (Å²) in [6.45, 7) is 5.28. The molecule has 0 bridgehead atoms. The minimum Gasteiger partial charge on any atom is -1.00 e. The molecule has 0 unspecified atom stereocenters. The number of rotatable bonds is 1. The van der Waals surface area contributed by atoms with Crippen molar-refractivity contribution in [3.8, 4) is 0 Å². The van der Waals surface area contributed by atoms with Crippen molar-refractivity contribution >= 4 is 5.76 Å². The van der Waals surface area contributed by atoms with Crippen molar-refractivity contribution in [3.63, 3.8) is 0 Å². The number of benzene rings is 1. The van der Waals surface area contributed by atoms with E-state index in [1.54, 1.807) is 12.1 Å². The topological polar surface area (TPSA) is 23.1 Å². The van der Waals surface area contributed by atoms with Crippen LogP contribution in [0.4, 0.5) is 0 Å². The van der Waals surface area contributed by atoms with Crippen LogP contribution in [0.5, 0.6) is 0 Å². The van der Waals surface area contributed by atoms with Crippen molar-refractivity contribution in [2.75, 3.05) is 0 Å². The van der Waals surface area contributed by atoms with E-state index in [1.807, 2.05) is 19.1 Å². The molecular formula is C9H9CeCl2O. The second-order valence-electron chi connectivity index (χ2n) is 2.29. The molecule has 0 aliphatic heterocycles. The van der Waals surface area contributed by atoms with Crippen molar-refractivity contribution in [2.24, 2.45) is 0 Å². The van der Waals surface area contributed by atoms with E-state index in [4.69, 9.17) is 0 Å². The maximum Gasteiger partial charge on any atom is 3.00 e. The van der Waals surface area contributed by atoms with E-state index in [9.17, 15) is 5.11 Å². The predicted molar refractivity (Wildman–Crippen MR) is 40.2 cm³/mol. The summed E-state index contributed by atoms with van der Waals surface area (Å²) in [6, 6.07) is 7.37. The monoisotopic (exact) mass is 343 g/mol. The van der Waals surface area contributed by atoms with Gasteiger partial charge in [0.05, 0.1) is 0 Å². The number of hydrogen-bond acceptors (Lipinski definition) is 1. The molecule has 1 aromatic rings. The maximum absolute atomic E-state index is 10.6. The molecule has 1 nitrogen and oxygen atoms in total. The van der Waals surface area contributed by atoms with Crippen LogP contribution in [0.2, 0.25) is 0 Å². The van der Waals surface area contributed by atoms with Crippen molar-refractivity contribution < 1.29 is 71.7 Å². The first-order chi connectivity index (χ1) is 4.70. The molecule has 0 heterocycles. The average molecular weight is 344 g/mol. The zero-order valence-corrected chi connectivity index (χ0v) is 11.8. The third kappa shape index (κ3) is 6.74. The molecule has 0 spiro atoms. The van der Waals surface area contributed by atoms with Gasteiger partial charge in [-0.05, 0) is 12.5 Å². The minimum absolute atomic E-state index is 0. The second-order valence-corrected chi connectivity index (χ2v) is 2.29. The molecule has 0 fully saturated rings. The molecule has 0 aliphatic carbocycles. The van der Waals surface area contributed by atoms with E-state index in [2.05, 4.69) is 6.58 Å². The molecule has 1 aromatic carbocycles. The Morgan fingerprint density at radius 1 is 1.15 bits per heavy atom. The Morgan fingerprint density at radius 2 is 1.54 bits per heavy atom. The molecule has 1 radical (unpaired) electrons. The van der Waals surface area contributed by atoms with Crippen LogP contribution in [0.3, 0.4) is 0 Å². The molecule has 4 heteroatoms. The van der Waals surface area contributed by atoms with Gasteiger partial charge in [0, 0.05) is 0 Å². The molecule has 0 N–H and O–H groups in total. The standard InChI is InChI=1S/C9H10O.Ce.2ClH/c1-7-3-5-9(6-4-7)8(2)10;;;/h3-6,10H,2H2,1H3;;2*1H/q;+3;;/p-3. The fourth-order valence-electron chi connectivity index (χ4n) is 0.739. The Hall–Kier alpha value is 0.717. The van der Waals surface area contributed by atoms with Gasteiger partial charge in [-0.15, -0.1) is 12.3 Å². The molecule has 0 aliphatic rings. The summed E-state index contributed by atoms with van der Waals surface area (Å²) < 4.78 is 0. The van der Waals surface area contributed by atoms with Gasteiger partial charge >= 0.3 is 41.7 Å². The van der Waals surface area contributed by atoms with Gasteiger partial charge in [-0.2, -0.15) is 0 Å². The van der Waals surface area contributed by atoms with Crippen LogP contribution in [0.25, 0.3) is 5.76 Å². The Labute approximate surface area is 125 Å². The molecule has 1 rings (SSSR count). The van der Waals surface area contributed by atoms with Crippen LogP contribution in [-0.2, 0) is 0 Å². The first-order valence-electron chi connectivity index (χ1n) is 3.13. The largest absolute Gasteiger partial charge is 3.00 e. The van der Waals surface area contributed by atoms with Crippen molar-refractivity contribution in [1.82, 2.24) is 0 Å². The van der Waals surface area contributed by atoms with E-state index in [0.29, 0.717) is 5.56 Å². The van der Waals surface area contributed by atoms with Gasteiger partial charge in [0.2, 0.25) is 0 Å². The summed E-state index contributed by atoms with van der Waals surface area (Å²) >= 11 is 0. The van der Waals surface area contributed by atoms with Crippen LogP contribution in [0, 0.1) is 48.7 Å². The number of hydrogen-bond donors (Lipinski definition) is 0. The molecule has 0 atom stereocenters. The summed E-state index contributed by atoms with van der Waals surface area (Å²) in [5.41, 5.74) is 1.83. The van der Waals surface area contributed by atoms with Crippen LogP contribution in [0.1, 0.15) is 11.1 Å². The van der Waals surface area contributed by atoms with E-state index in [1.165, 1.54) is 0 Å².